The lowest BCUT2D eigenvalue weighted by molar-refractivity contribution is 0.306. The molecule has 0 spiro atoms. The van der Waals surface area contributed by atoms with Crippen LogP contribution >= 0.6 is 0 Å². The maximum absolute atomic E-state index is 12.5. The third-order valence-electron chi connectivity index (χ3n) is 5.34. The van der Waals surface area contributed by atoms with Crippen LogP contribution < -0.4 is 0 Å². The quantitative estimate of drug-likeness (QED) is 0.425. The largest absolute Gasteiger partial charge is 0.296 e. The zero-order chi connectivity index (χ0) is 21.8. The fourth-order valence-corrected chi connectivity index (χ4v) is 4.40. The zero-order valence-electron chi connectivity index (χ0n) is 18.1. The first-order valence-corrected chi connectivity index (χ1v) is 11.7. The van der Waals surface area contributed by atoms with E-state index in [2.05, 4.69) is 57.2 Å². The summed E-state index contributed by atoms with van der Waals surface area (Å²) in [6, 6.07) is 25.5. The highest BCUT2D eigenvalue weighted by molar-refractivity contribution is 7.86. The van der Waals surface area contributed by atoms with Crippen molar-refractivity contribution in [3.05, 3.63) is 101 Å². The van der Waals surface area contributed by atoms with Crippen LogP contribution in [0.5, 0.6) is 0 Å². The summed E-state index contributed by atoms with van der Waals surface area (Å²) in [5.74, 6) is 0.0634. The monoisotopic (exact) mass is 422 g/mol. The average Bonchev–Trinajstić information content (AvgIpc) is 2.72. The third kappa shape index (κ3) is 5.59. The van der Waals surface area contributed by atoms with Crippen LogP contribution in [0.2, 0.25) is 0 Å². The van der Waals surface area contributed by atoms with E-state index < -0.39 is 10.1 Å². The van der Waals surface area contributed by atoms with Crippen LogP contribution in [0, 0.1) is 6.92 Å². The van der Waals surface area contributed by atoms with Crippen LogP contribution in [0.15, 0.2) is 83.8 Å². The minimum absolute atomic E-state index is 0.0634. The fourth-order valence-electron chi connectivity index (χ4n) is 3.48. The SMILES string of the molecule is Cc1ccc(S(=O)(=O)OCCC(c2ccccc2)c2ccc(C(C)(C)C)cc2)cc1. The van der Waals surface area contributed by atoms with Gasteiger partial charge in [0, 0.05) is 5.92 Å². The Hall–Kier alpha value is -2.43. The van der Waals surface area contributed by atoms with E-state index in [0.29, 0.717) is 6.42 Å². The van der Waals surface area contributed by atoms with Crippen molar-refractivity contribution in [3.8, 4) is 0 Å². The molecule has 0 aliphatic carbocycles. The van der Waals surface area contributed by atoms with Gasteiger partial charge in [-0.15, -0.1) is 0 Å². The Kier molecular flexibility index (Phi) is 6.79. The maximum Gasteiger partial charge on any atom is 0.296 e. The Balaban J connectivity index is 1.78. The topological polar surface area (TPSA) is 43.4 Å². The Labute approximate surface area is 180 Å². The number of rotatable bonds is 7. The lowest BCUT2D eigenvalue weighted by Crippen LogP contribution is -2.13. The summed E-state index contributed by atoms with van der Waals surface area (Å²) in [6.07, 6.45) is 0.573. The van der Waals surface area contributed by atoms with Crippen molar-refractivity contribution in [2.24, 2.45) is 0 Å². The van der Waals surface area contributed by atoms with Gasteiger partial charge in [-0.3, -0.25) is 4.18 Å². The Morgan fingerprint density at radius 2 is 1.37 bits per heavy atom. The summed E-state index contributed by atoms with van der Waals surface area (Å²) in [7, 11) is -3.76. The molecule has 0 saturated heterocycles. The molecule has 0 bridgehead atoms. The van der Waals surface area contributed by atoms with Crippen LogP contribution in [-0.4, -0.2) is 15.0 Å². The van der Waals surface area contributed by atoms with Gasteiger partial charge in [-0.2, -0.15) is 8.42 Å². The highest BCUT2D eigenvalue weighted by Gasteiger charge is 2.20. The van der Waals surface area contributed by atoms with E-state index in [9.17, 15) is 8.42 Å². The van der Waals surface area contributed by atoms with Gasteiger partial charge in [-0.25, -0.2) is 0 Å². The van der Waals surface area contributed by atoms with Crippen LogP contribution in [0.3, 0.4) is 0 Å². The van der Waals surface area contributed by atoms with E-state index in [0.717, 1.165) is 16.7 Å². The molecule has 0 saturated carbocycles. The molecule has 0 aliphatic heterocycles. The number of benzene rings is 3. The predicted octanol–water partition coefficient (Wildman–Crippen LogP) is 6.22. The van der Waals surface area contributed by atoms with Crippen molar-refractivity contribution < 1.29 is 12.6 Å². The molecule has 0 aromatic heterocycles. The normalized spacial score (nSPS) is 13.2. The summed E-state index contributed by atoms with van der Waals surface area (Å²) in [4.78, 5) is 0.193. The van der Waals surface area contributed by atoms with Crippen LogP contribution in [0.25, 0.3) is 0 Å². The first kappa shape index (κ1) is 22.3. The minimum atomic E-state index is -3.76. The standard InChI is InChI=1S/C26H30O3S/c1-20-10-16-24(17-11-20)30(27,28)29-19-18-25(21-8-6-5-7-9-21)22-12-14-23(15-13-22)26(2,3)4/h5-17,25H,18-19H2,1-4H3. The molecule has 30 heavy (non-hydrogen) atoms. The van der Waals surface area contributed by atoms with E-state index in [1.165, 1.54) is 5.56 Å². The van der Waals surface area contributed by atoms with Gasteiger partial charge in [0.1, 0.15) is 0 Å². The molecular formula is C26H30O3S. The molecule has 0 heterocycles. The van der Waals surface area contributed by atoms with Gasteiger partial charge in [-0.05, 0) is 47.6 Å². The second kappa shape index (κ2) is 9.15. The van der Waals surface area contributed by atoms with Crippen molar-refractivity contribution in [1.29, 1.82) is 0 Å². The second-order valence-electron chi connectivity index (χ2n) is 8.71. The van der Waals surface area contributed by atoms with Gasteiger partial charge in [0.25, 0.3) is 10.1 Å². The van der Waals surface area contributed by atoms with Gasteiger partial charge < -0.3 is 0 Å². The Bertz CT molecular complexity index is 1050. The summed E-state index contributed by atoms with van der Waals surface area (Å²) in [5.41, 5.74) is 4.68. The molecule has 3 aromatic carbocycles. The van der Waals surface area contributed by atoms with Crippen molar-refractivity contribution in [3.63, 3.8) is 0 Å². The Morgan fingerprint density at radius 3 is 1.93 bits per heavy atom. The van der Waals surface area contributed by atoms with E-state index in [-0.39, 0.29) is 22.8 Å². The fraction of sp³-hybridized carbons (Fsp3) is 0.308. The van der Waals surface area contributed by atoms with E-state index in [1.54, 1.807) is 24.3 Å². The molecule has 158 valence electrons. The number of hydrogen-bond donors (Lipinski definition) is 0. The van der Waals surface area contributed by atoms with Gasteiger partial charge in [-0.1, -0.05) is 93.1 Å². The first-order chi connectivity index (χ1) is 14.2. The molecule has 1 unspecified atom stereocenters. The molecule has 3 rings (SSSR count). The van der Waals surface area contributed by atoms with Crippen molar-refractivity contribution in [2.45, 2.75) is 50.3 Å². The summed E-state index contributed by atoms with van der Waals surface area (Å²) < 4.78 is 30.4. The highest BCUT2D eigenvalue weighted by Crippen LogP contribution is 2.31. The molecule has 3 nitrogen and oxygen atoms in total. The number of aryl methyl sites for hydroxylation is 1. The zero-order valence-corrected chi connectivity index (χ0v) is 18.9. The van der Waals surface area contributed by atoms with Crippen molar-refractivity contribution >= 4 is 10.1 Å². The smallest absolute Gasteiger partial charge is 0.266 e. The molecule has 0 amide bonds. The molecule has 0 fully saturated rings. The molecule has 1 atom stereocenters. The lowest BCUT2D eigenvalue weighted by Gasteiger charge is -2.22. The van der Waals surface area contributed by atoms with Crippen LogP contribution in [0.4, 0.5) is 0 Å². The third-order valence-corrected chi connectivity index (χ3v) is 6.66. The maximum atomic E-state index is 12.5. The van der Waals surface area contributed by atoms with Gasteiger partial charge in [0.05, 0.1) is 11.5 Å². The molecule has 3 aromatic rings. The van der Waals surface area contributed by atoms with Gasteiger partial charge in [0.2, 0.25) is 0 Å². The number of hydrogen-bond acceptors (Lipinski definition) is 3. The Morgan fingerprint density at radius 1 is 0.800 bits per heavy atom. The molecule has 0 aliphatic rings. The highest BCUT2D eigenvalue weighted by atomic mass is 32.2. The van der Waals surface area contributed by atoms with E-state index in [1.807, 2.05) is 25.1 Å². The molecule has 0 N–H and O–H groups in total. The summed E-state index contributed by atoms with van der Waals surface area (Å²) in [6.45, 7) is 8.63. The summed E-state index contributed by atoms with van der Waals surface area (Å²) in [5, 5.41) is 0. The van der Waals surface area contributed by atoms with E-state index >= 15 is 0 Å². The minimum Gasteiger partial charge on any atom is -0.266 e. The van der Waals surface area contributed by atoms with Gasteiger partial charge >= 0.3 is 0 Å². The lowest BCUT2D eigenvalue weighted by atomic mass is 9.83. The second-order valence-corrected chi connectivity index (χ2v) is 10.3. The van der Waals surface area contributed by atoms with Crippen LogP contribution in [0.1, 0.15) is 55.4 Å². The predicted molar refractivity (Wildman–Crippen MR) is 122 cm³/mol. The van der Waals surface area contributed by atoms with Gasteiger partial charge in [0.15, 0.2) is 0 Å². The molecule has 0 radical (unpaired) electrons. The van der Waals surface area contributed by atoms with Crippen molar-refractivity contribution in [2.75, 3.05) is 6.61 Å². The summed E-state index contributed by atoms with van der Waals surface area (Å²) >= 11 is 0. The van der Waals surface area contributed by atoms with Crippen molar-refractivity contribution in [1.82, 2.24) is 0 Å². The average molecular weight is 423 g/mol. The molecular weight excluding hydrogens is 392 g/mol. The molecule has 4 heteroatoms. The van der Waals surface area contributed by atoms with E-state index in [4.69, 9.17) is 4.18 Å². The van der Waals surface area contributed by atoms with Crippen LogP contribution in [-0.2, 0) is 19.7 Å². The first-order valence-electron chi connectivity index (χ1n) is 10.3.